The first-order chi connectivity index (χ1) is 12.6. The number of hydrazone groups is 1. The van der Waals surface area contributed by atoms with Crippen molar-refractivity contribution < 1.29 is 9.72 Å². The van der Waals surface area contributed by atoms with Crippen LogP contribution in [0.1, 0.15) is 21.5 Å². The zero-order valence-corrected chi connectivity index (χ0v) is 13.6. The van der Waals surface area contributed by atoms with E-state index in [9.17, 15) is 14.9 Å². The SMILES string of the molecule is O=C(N/N=C/c1cccc([N+](=O)[O-])c1)c1cccc(Cn2cccn2)c1. The maximum atomic E-state index is 12.2. The Balaban J connectivity index is 1.64. The van der Waals surface area contributed by atoms with E-state index < -0.39 is 4.92 Å². The molecule has 0 fully saturated rings. The predicted molar refractivity (Wildman–Crippen MR) is 95.9 cm³/mol. The van der Waals surface area contributed by atoms with Crippen molar-refractivity contribution in [2.24, 2.45) is 5.10 Å². The van der Waals surface area contributed by atoms with Gasteiger partial charge in [-0.2, -0.15) is 10.2 Å². The molecular weight excluding hydrogens is 334 g/mol. The highest BCUT2D eigenvalue weighted by Gasteiger charge is 2.06. The number of non-ortho nitro benzene ring substituents is 1. The van der Waals surface area contributed by atoms with Crippen LogP contribution < -0.4 is 5.43 Å². The van der Waals surface area contributed by atoms with Crippen LogP contribution in [0.15, 0.2) is 72.1 Å². The van der Waals surface area contributed by atoms with Crippen molar-refractivity contribution in [3.63, 3.8) is 0 Å². The summed E-state index contributed by atoms with van der Waals surface area (Å²) in [4.78, 5) is 22.5. The average molecular weight is 349 g/mol. The number of nitrogens with zero attached hydrogens (tertiary/aromatic N) is 4. The molecule has 3 aromatic rings. The molecule has 8 nitrogen and oxygen atoms in total. The molecule has 0 saturated carbocycles. The van der Waals surface area contributed by atoms with E-state index in [4.69, 9.17) is 0 Å². The molecule has 1 amide bonds. The van der Waals surface area contributed by atoms with Gasteiger partial charge in [0.15, 0.2) is 0 Å². The smallest absolute Gasteiger partial charge is 0.268 e. The quantitative estimate of drug-likeness (QED) is 0.420. The summed E-state index contributed by atoms with van der Waals surface area (Å²) in [5, 5.41) is 18.7. The van der Waals surface area contributed by atoms with Crippen molar-refractivity contribution in [3.8, 4) is 0 Å². The zero-order valence-electron chi connectivity index (χ0n) is 13.6. The van der Waals surface area contributed by atoms with Gasteiger partial charge in [-0.05, 0) is 23.8 Å². The zero-order chi connectivity index (χ0) is 18.4. The van der Waals surface area contributed by atoms with Crippen LogP contribution in [0.2, 0.25) is 0 Å². The Morgan fingerprint density at radius 3 is 2.85 bits per heavy atom. The Morgan fingerprint density at radius 2 is 2.08 bits per heavy atom. The average Bonchev–Trinajstić information content (AvgIpc) is 3.15. The molecule has 0 radical (unpaired) electrons. The molecule has 0 atom stereocenters. The lowest BCUT2D eigenvalue weighted by Crippen LogP contribution is -2.18. The number of nitrogens with one attached hydrogen (secondary N) is 1. The number of benzene rings is 2. The van der Waals surface area contributed by atoms with Gasteiger partial charge in [-0.25, -0.2) is 5.43 Å². The van der Waals surface area contributed by atoms with E-state index in [2.05, 4.69) is 15.6 Å². The minimum absolute atomic E-state index is 0.0356. The fourth-order valence-corrected chi connectivity index (χ4v) is 2.34. The summed E-state index contributed by atoms with van der Waals surface area (Å²) in [7, 11) is 0. The first-order valence-corrected chi connectivity index (χ1v) is 7.76. The molecule has 26 heavy (non-hydrogen) atoms. The van der Waals surface area contributed by atoms with E-state index in [1.807, 2.05) is 18.3 Å². The van der Waals surface area contributed by atoms with E-state index in [1.54, 1.807) is 41.2 Å². The molecule has 130 valence electrons. The van der Waals surface area contributed by atoms with E-state index in [0.29, 0.717) is 17.7 Å². The lowest BCUT2D eigenvalue weighted by atomic mass is 10.1. The first kappa shape index (κ1) is 17.0. The Morgan fingerprint density at radius 1 is 1.23 bits per heavy atom. The molecular formula is C18H15N5O3. The van der Waals surface area contributed by atoms with Crippen molar-refractivity contribution in [2.75, 3.05) is 0 Å². The molecule has 3 rings (SSSR count). The van der Waals surface area contributed by atoms with Gasteiger partial charge >= 0.3 is 0 Å². The number of hydrogen-bond acceptors (Lipinski definition) is 5. The third-order valence-corrected chi connectivity index (χ3v) is 3.55. The van der Waals surface area contributed by atoms with Crippen LogP contribution in [0, 0.1) is 10.1 Å². The van der Waals surface area contributed by atoms with Gasteiger partial charge in [0.2, 0.25) is 0 Å². The maximum Gasteiger partial charge on any atom is 0.271 e. The van der Waals surface area contributed by atoms with Gasteiger partial charge in [-0.3, -0.25) is 19.6 Å². The molecule has 1 heterocycles. The number of amides is 1. The van der Waals surface area contributed by atoms with Crippen molar-refractivity contribution in [1.82, 2.24) is 15.2 Å². The summed E-state index contributed by atoms with van der Waals surface area (Å²) in [6.45, 7) is 0.561. The van der Waals surface area contributed by atoms with Crippen LogP contribution in [0.4, 0.5) is 5.69 Å². The molecule has 0 aliphatic heterocycles. The lowest BCUT2D eigenvalue weighted by molar-refractivity contribution is -0.384. The normalized spacial score (nSPS) is 10.8. The Labute approximate surface area is 148 Å². The van der Waals surface area contributed by atoms with E-state index in [-0.39, 0.29) is 11.6 Å². The number of carbonyl (C=O) groups excluding carboxylic acids is 1. The summed E-state index contributed by atoms with van der Waals surface area (Å²) in [5.74, 6) is -0.367. The summed E-state index contributed by atoms with van der Waals surface area (Å²) in [6.07, 6.45) is 4.90. The van der Waals surface area contributed by atoms with Crippen LogP contribution in [-0.2, 0) is 6.54 Å². The van der Waals surface area contributed by atoms with Crippen LogP contribution in [0.25, 0.3) is 0 Å². The lowest BCUT2D eigenvalue weighted by Gasteiger charge is -2.05. The Bertz CT molecular complexity index is 951. The van der Waals surface area contributed by atoms with Gasteiger partial charge in [0.1, 0.15) is 0 Å². The highest BCUT2D eigenvalue weighted by Crippen LogP contribution is 2.11. The molecule has 0 saturated heterocycles. The third-order valence-electron chi connectivity index (χ3n) is 3.55. The minimum Gasteiger partial charge on any atom is -0.268 e. The molecule has 0 unspecified atom stereocenters. The topological polar surface area (TPSA) is 102 Å². The molecule has 0 aliphatic carbocycles. The standard InChI is InChI=1S/C18H15N5O3/c24-18(21-19-12-14-4-2-7-17(11-14)23(25)26)16-6-1-5-15(10-16)13-22-9-3-8-20-22/h1-12H,13H2,(H,21,24)/b19-12+. The van der Waals surface area contributed by atoms with E-state index in [1.165, 1.54) is 18.3 Å². The van der Waals surface area contributed by atoms with Crippen molar-refractivity contribution in [2.45, 2.75) is 6.54 Å². The Hall–Kier alpha value is -3.81. The highest BCUT2D eigenvalue weighted by atomic mass is 16.6. The minimum atomic E-state index is -0.485. The number of nitro benzene ring substituents is 1. The second-order valence-electron chi connectivity index (χ2n) is 5.46. The molecule has 0 aliphatic rings. The number of rotatable bonds is 6. The van der Waals surface area contributed by atoms with E-state index in [0.717, 1.165) is 5.56 Å². The fourth-order valence-electron chi connectivity index (χ4n) is 2.34. The van der Waals surface area contributed by atoms with Crippen LogP contribution in [-0.4, -0.2) is 26.8 Å². The van der Waals surface area contributed by atoms with Gasteiger partial charge in [-0.15, -0.1) is 0 Å². The third kappa shape index (κ3) is 4.38. The van der Waals surface area contributed by atoms with Crippen molar-refractivity contribution in [1.29, 1.82) is 0 Å². The second-order valence-corrected chi connectivity index (χ2v) is 5.46. The number of carbonyl (C=O) groups is 1. The van der Waals surface area contributed by atoms with Crippen LogP contribution in [0.3, 0.4) is 0 Å². The molecule has 8 heteroatoms. The number of aromatic nitrogens is 2. The predicted octanol–water partition coefficient (Wildman–Crippen LogP) is 2.60. The maximum absolute atomic E-state index is 12.2. The van der Waals surface area contributed by atoms with Crippen LogP contribution in [0.5, 0.6) is 0 Å². The highest BCUT2D eigenvalue weighted by molar-refractivity contribution is 5.95. The number of hydrogen-bond donors (Lipinski definition) is 1. The summed E-state index contributed by atoms with van der Waals surface area (Å²) in [6, 6.07) is 15.0. The van der Waals surface area contributed by atoms with Gasteiger partial charge < -0.3 is 0 Å². The van der Waals surface area contributed by atoms with Gasteiger partial charge in [0, 0.05) is 35.7 Å². The summed E-state index contributed by atoms with van der Waals surface area (Å²) in [5.41, 5.74) is 4.30. The molecule has 1 N–H and O–H groups in total. The Kier molecular flexibility index (Phi) is 5.14. The van der Waals surface area contributed by atoms with Crippen molar-refractivity contribution >= 4 is 17.8 Å². The monoisotopic (exact) mass is 349 g/mol. The van der Waals surface area contributed by atoms with Crippen molar-refractivity contribution in [3.05, 3.63) is 93.8 Å². The van der Waals surface area contributed by atoms with Gasteiger partial charge in [0.25, 0.3) is 11.6 Å². The largest absolute Gasteiger partial charge is 0.271 e. The van der Waals surface area contributed by atoms with Gasteiger partial charge in [0.05, 0.1) is 17.7 Å². The first-order valence-electron chi connectivity index (χ1n) is 7.76. The molecule has 0 bridgehead atoms. The van der Waals surface area contributed by atoms with Crippen LogP contribution >= 0.6 is 0 Å². The fraction of sp³-hybridized carbons (Fsp3) is 0.0556. The summed E-state index contributed by atoms with van der Waals surface area (Å²) >= 11 is 0. The second kappa shape index (κ2) is 7.84. The molecule has 0 spiro atoms. The molecule has 2 aromatic carbocycles. The molecule has 1 aromatic heterocycles. The van der Waals surface area contributed by atoms with Gasteiger partial charge in [-0.1, -0.05) is 24.3 Å². The van der Waals surface area contributed by atoms with E-state index >= 15 is 0 Å². The number of nitro groups is 1. The summed E-state index contributed by atoms with van der Waals surface area (Å²) < 4.78 is 1.76.